The second-order valence-corrected chi connectivity index (χ2v) is 5.58. The lowest BCUT2D eigenvalue weighted by atomic mass is 10.1. The van der Waals surface area contributed by atoms with Crippen molar-refractivity contribution in [3.8, 4) is 11.4 Å². The molecule has 1 aromatic heterocycles. The fourth-order valence-electron chi connectivity index (χ4n) is 2.50. The van der Waals surface area contributed by atoms with Crippen molar-refractivity contribution in [3.63, 3.8) is 0 Å². The molecule has 0 radical (unpaired) electrons. The Morgan fingerprint density at radius 3 is 3.00 bits per heavy atom. The van der Waals surface area contributed by atoms with Gasteiger partial charge in [-0.25, -0.2) is 0 Å². The minimum Gasteiger partial charge on any atom is -0.338 e. The summed E-state index contributed by atoms with van der Waals surface area (Å²) in [4.78, 5) is 6.73. The van der Waals surface area contributed by atoms with Crippen LogP contribution in [0, 0.1) is 5.92 Å². The average Bonchev–Trinajstić information content (AvgIpc) is 3.08. The molecule has 5 nitrogen and oxygen atoms in total. The third kappa shape index (κ3) is 3.95. The molecule has 114 valence electrons. The third-order valence-electron chi connectivity index (χ3n) is 3.61. The Balaban J connectivity index is 0.00000161. The van der Waals surface area contributed by atoms with Crippen LogP contribution in [0.15, 0.2) is 28.8 Å². The van der Waals surface area contributed by atoms with Crippen molar-refractivity contribution in [2.75, 3.05) is 19.6 Å². The summed E-state index contributed by atoms with van der Waals surface area (Å²) in [5.74, 6) is 1.81. The van der Waals surface area contributed by atoms with Gasteiger partial charge in [0.05, 0.1) is 6.54 Å². The average molecular weight is 329 g/mol. The van der Waals surface area contributed by atoms with Crippen LogP contribution in [0.4, 0.5) is 0 Å². The van der Waals surface area contributed by atoms with Crippen LogP contribution in [-0.4, -0.2) is 34.7 Å². The third-order valence-corrected chi connectivity index (χ3v) is 3.85. The summed E-state index contributed by atoms with van der Waals surface area (Å²) in [7, 11) is 0. The molecule has 0 spiro atoms. The number of aromatic nitrogens is 2. The number of benzene rings is 1. The molecule has 1 aliphatic heterocycles. The minimum atomic E-state index is 0. The highest BCUT2D eigenvalue weighted by Crippen LogP contribution is 2.21. The van der Waals surface area contributed by atoms with Crippen LogP contribution in [0.2, 0.25) is 5.02 Å². The molecule has 7 heteroatoms. The van der Waals surface area contributed by atoms with Gasteiger partial charge >= 0.3 is 0 Å². The number of likely N-dealkylation sites (tertiary alicyclic amines) is 1. The lowest BCUT2D eigenvalue weighted by Gasteiger charge is -2.12. The van der Waals surface area contributed by atoms with Crippen molar-refractivity contribution in [2.24, 2.45) is 11.7 Å². The van der Waals surface area contributed by atoms with E-state index in [4.69, 9.17) is 21.9 Å². The summed E-state index contributed by atoms with van der Waals surface area (Å²) in [6, 6.07) is 7.45. The van der Waals surface area contributed by atoms with Gasteiger partial charge in [0.1, 0.15) is 0 Å². The van der Waals surface area contributed by atoms with Crippen LogP contribution in [0.25, 0.3) is 11.4 Å². The van der Waals surface area contributed by atoms with Gasteiger partial charge in [-0.05, 0) is 37.6 Å². The molecule has 2 aromatic rings. The summed E-state index contributed by atoms with van der Waals surface area (Å²) < 4.78 is 5.31. The van der Waals surface area contributed by atoms with Gasteiger partial charge in [0.2, 0.25) is 11.7 Å². The van der Waals surface area contributed by atoms with Crippen molar-refractivity contribution in [1.82, 2.24) is 15.0 Å². The molecule has 1 aromatic carbocycles. The Morgan fingerprint density at radius 1 is 1.43 bits per heavy atom. The Kier molecular flexibility index (Phi) is 5.58. The first-order valence-electron chi connectivity index (χ1n) is 6.75. The lowest BCUT2D eigenvalue weighted by molar-refractivity contribution is 0.261. The first-order chi connectivity index (χ1) is 9.74. The Labute approximate surface area is 134 Å². The van der Waals surface area contributed by atoms with E-state index in [0.717, 1.165) is 31.6 Å². The molecule has 0 aliphatic carbocycles. The van der Waals surface area contributed by atoms with Gasteiger partial charge in [0.15, 0.2) is 0 Å². The van der Waals surface area contributed by atoms with Crippen LogP contribution in [0.3, 0.4) is 0 Å². The zero-order valence-corrected chi connectivity index (χ0v) is 13.1. The van der Waals surface area contributed by atoms with E-state index in [1.54, 1.807) is 0 Å². The van der Waals surface area contributed by atoms with Crippen LogP contribution >= 0.6 is 24.0 Å². The highest BCUT2D eigenvalue weighted by atomic mass is 35.5. The first kappa shape index (κ1) is 16.2. The lowest BCUT2D eigenvalue weighted by Crippen LogP contribution is -2.22. The molecule has 1 fully saturated rings. The van der Waals surface area contributed by atoms with Crippen LogP contribution in [0.5, 0.6) is 0 Å². The van der Waals surface area contributed by atoms with Crippen molar-refractivity contribution < 1.29 is 4.52 Å². The van der Waals surface area contributed by atoms with E-state index in [0.29, 0.717) is 29.2 Å². The molecular formula is C14H18Cl2N4O. The number of hydrogen-bond donors (Lipinski definition) is 1. The number of nitrogens with two attached hydrogens (primary N) is 1. The molecular weight excluding hydrogens is 311 g/mol. The van der Waals surface area contributed by atoms with Crippen molar-refractivity contribution in [3.05, 3.63) is 35.2 Å². The summed E-state index contributed by atoms with van der Waals surface area (Å²) in [5, 5.41) is 4.68. The molecule has 0 bridgehead atoms. The molecule has 3 rings (SSSR count). The van der Waals surface area contributed by atoms with Gasteiger partial charge in [0, 0.05) is 17.1 Å². The summed E-state index contributed by atoms with van der Waals surface area (Å²) in [6.07, 6.45) is 1.14. The topological polar surface area (TPSA) is 68.2 Å². The van der Waals surface area contributed by atoms with Gasteiger partial charge in [-0.2, -0.15) is 4.98 Å². The van der Waals surface area contributed by atoms with Gasteiger partial charge < -0.3 is 10.3 Å². The second kappa shape index (κ2) is 7.22. The molecule has 1 unspecified atom stereocenters. The van der Waals surface area contributed by atoms with Gasteiger partial charge in [-0.15, -0.1) is 12.4 Å². The van der Waals surface area contributed by atoms with Crippen LogP contribution in [0.1, 0.15) is 12.3 Å². The minimum absolute atomic E-state index is 0. The number of nitrogens with zero attached hydrogens (tertiary/aromatic N) is 3. The molecule has 1 aliphatic rings. The van der Waals surface area contributed by atoms with E-state index in [2.05, 4.69) is 15.0 Å². The summed E-state index contributed by atoms with van der Waals surface area (Å²) in [5.41, 5.74) is 6.56. The molecule has 1 atom stereocenters. The fraction of sp³-hybridized carbons (Fsp3) is 0.429. The van der Waals surface area contributed by atoms with E-state index < -0.39 is 0 Å². The smallest absolute Gasteiger partial charge is 0.241 e. The van der Waals surface area contributed by atoms with E-state index in [9.17, 15) is 0 Å². The Hall–Kier alpha value is -1.14. The molecule has 0 saturated carbocycles. The highest BCUT2D eigenvalue weighted by molar-refractivity contribution is 6.30. The molecule has 1 saturated heterocycles. The normalized spacial score (nSPS) is 18.7. The SMILES string of the molecule is Cl.NCC1CCN(Cc2nc(-c3cccc(Cl)c3)no2)C1. The molecule has 2 N–H and O–H groups in total. The number of halogens is 2. The predicted molar refractivity (Wildman–Crippen MR) is 84.4 cm³/mol. The zero-order chi connectivity index (χ0) is 13.9. The highest BCUT2D eigenvalue weighted by Gasteiger charge is 2.23. The summed E-state index contributed by atoms with van der Waals surface area (Å²) in [6.45, 7) is 3.47. The van der Waals surface area contributed by atoms with E-state index in [-0.39, 0.29) is 12.4 Å². The fourth-order valence-corrected chi connectivity index (χ4v) is 2.69. The maximum Gasteiger partial charge on any atom is 0.241 e. The van der Waals surface area contributed by atoms with E-state index >= 15 is 0 Å². The van der Waals surface area contributed by atoms with Crippen LogP contribution in [-0.2, 0) is 6.54 Å². The maximum absolute atomic E-state index is 5.96. The predicted octanol–water partition coefficient (Wildman–Crippen LogP) is 2.59. The summed E-state index contributed by atoms with van der Waals surface area (Å²) >= 11 is 5.96. The quantitative estimate of drug-likeness (QED) is 0.934. The largest absolute Gasteiger partial charge is 0.338 e. The van der Waals surface area contributed by atoms with Crippen molar-refractivity contribution >= 4 is 24.0 Å². The molecule has 2 heterocycles. The van der Waals surface area contributed by atoms with Gasteiger partial charge in [-0.1, -0.05) is 28.9 Å². The van der Waals surface area contributed by atoms with Crippen LogP contribution < -0.4 is 5.73 Å². The van der Waals surface area contributed by atoms with E-state index in [1.807, 2.05) is 24.3 Å². The van der Waals surface area contributed by atoms with Crippen molar-refractivity contribution in [1.29, 1.82) is 0 Å². The molecule has 21 heavy (non-hydrogen) atoms. The van der Waals surface area contributed by atoms with Gasteiger partial charge in [0.25, 0.3) is 0 Å². The number of rotatable bonds is 4. The van der Waals surface area contributed by atoms with Crippen molar-refractivity contribution in [2.45, 2.75) is 13.0 Å². The van der Waals surface area contributed by atoms with E-state index in [1.165, 1.54) is 0 Å². The Morgan fingerprint density at radius 2 is 2.29 bits per heavy atom. The Bertz CT molecular complexity index is 590. The maximum atomic E-state index is 5.96. The first-order valence-corrected chi connectivity index (χ1v) is 7.13. The zero-order valence-electron chi connectivity index (χ0n) is 11.5. The standard InChI is InChI=1S/C14H17ClN4O.ClH/c15-12-3-1-2-11(6-12)14-17-13(20-18-14)9-19-5-4-10(7-16)8-19;/h1-3,6,10H,4-5,7-9,16H2;1H. The number of hydrogen-bond acceptors (Lipinski definition) is 5. The second-order valence-electron chi connectivity index (χ2n) is 5.15. The monoisotopic (exact) mass is 328 g/mol. The molecule has 0 amide bonds. The van der Waals surface area contributed by atoms with Gasteiger partial charge in [-0.3, -0.25) is 4.90 Å².